The first kappa shape index (κ1) is 29.4. The number of hydrogen-bond acceptors (Lipinski definition) is 7. The van der Waals surface area contributed by atoms with Gasteiger partial charge in [0.15, 0.2) is 0 Å². The van der Waals surface area contributed by atoms with Crippen LogP contribution in [0.15, 0.2) is 0 Å². The van der Waals surface area contributed by atoms with Crippen LogP contribution in [0.4, 0.5) is 0 Å². The summed E-state index contributed by atoms with van der Waals surface area (Å²) in [6.07, 6.45) is 0. The van der Waals surface area contributed by atoms with E-state index in [4.69, 9.17) is 31.3 Å². The van der Waals surface area contributed by atoms with E-state index in [0.29, 0.717) is 33.0 Å². The molecule has 0 saturated heterocycles. The van der Waals surface area contributed by atoms with Gasteiger partial charge in [-0.2, -0.15) is 0 Å². The van der Waals surface area contributed by atoms with Gasteiger partial charge in [0.05, 0.1) is 0 Å². The first-order valence-electron chi connectivity index (χ1n) is 11.0. The van der Waals surface area contributed by atoms with Crippen molar-refractivity contribution >= 4 is 25.7 Å². The predicted octanol–water partition coefficient (Wildman–Crippen LogP) is 4.42. The second kappa shape index (κ2) is 16.1. The van der Waals surface area contributed by atoms with Crippen LogP contribution in [0.2, 0.25) is 36.3 Å². The van der Waals surface area contributed by atoms with E-state index in [1.54, 1.807) is 21.3 Å². The van der Waals surface area contributed by atoms with Crippen molar-refractivity contribution in [3.8, 4) is 0 Å². The van der Waals surface area contributed by atoms with Crippen molar-refractivity contribution in [3.63, 3.8) is 0 Å². The first-order valence-corrected chi connectivity index (χ1v) is 17.7. The van der Waals surface area contributed by atoms with Crippen molar-refractivity contribution in [2.24, 2.45) is 0 Å². The highest BCUT2D eigenvalue weighted by molar-refractivity contribution is 6.87. The van der Waals surface area contributed by atoms with Crippen LogP contribution in [-0.2, 0) is 31.3 Å². The van der Waals surface area contributed by atoms with Crippen molar-refractivity contribution in [3.05, 3.63) is 0 Å². The van der Waals surface area contributed by atoms with E-state index >= 15 is 0 Å². The Bertz CT molecular complexity index is 378. The van der Waals surface area contributed by atoms with E-state index < -0.39 is 25.7 Å². The Hall–Kier alpha value is 0.371. The van der Waals surface area contributed by atoms with Crippen LogP contribution in [0.3, 0.4) is 0 Å². The molecule has 0 aliphatic rings. The Morgan fingerprint density at radius 2 is 0.793 bits per heavy atom. The van der Waals surface area contributed by atoms with Gasteiger partial charge in [-0.15, -0.1) is 0 Å². The van der Waals surface area contributed by atoms with E-state index in [0.717, 1.165) is 36.3 Å². The molecular weight excluding hydrogens is 424 g/mol. The minimum absolute atomic E-state index is 0.606. The second-order valence-electron chi connectivity index (χ2n) is 7.09. The minimum Gasteiger partial charge on any atom is -0.415 e. The fraction of sp³-hybridized carbons (Fsp3) is 1.00. The summed E-state index contributed by atoms with van der Waals surface area (Å²) in [7, 11) is -2.41. The van der Waals surface area contributed by atoms with E-state index in [2.05, 4.69) is 20.8 Å². The third kappa shape index (κ3) is 10.0. The van der Waals surface area contributed by atoms with Crippen molar-refractivity contribution in [1.82, 2.24) is 0 Å². The summed E-state index contributed by atoms with van der Waals surface area (Å²) in [4.78, 5) is 0. The zero-order valence-electron chi connectivity index (χ0n) is 20.1. The number of ether oxygens (including phenoxy) is 3. The lowest BCUT2D eigenvalue weighted by atomic mass is 10.9. The summed E-state index contributed by atoms with van der Waals surface area (Å²) in [5.74, 6) is 0. The summed E-state index contributed by atoms with van der Waals surface area (Å²) in [6, 6.07) is 4.92. The standard InChI is InChI=1S/C19H46O7Si3/c1-9-23-27(11-3,17-14-20-6)25-29(13-5,19-16-22-8)26-28(12-4,24-10-2)18-15-21-7/h9-19H2,1-8H3. The van der Waals surface area contributed by atoms with Gasteiger partial charge in [0.1, 0.15) is 0 Å². The molecule has 29 heavy (non-hydrogen) atoms. The van der Waals surface area contributed by atoms with Gasteiger partial charge in [-0.3, -0.25) is 0 Å². The minimum atomic E-state index is -2.64. The van der Waals surface area contributed by atoms with E-state index in [9.17, 15) is 0 Å². The van der Waals surface area contributed by atoms with Crippen LogP contribution in [0.5, 0.6) is 0 Å². The Balaban J connectivity index is 5.97. The zero-order chi connectivity index (χ0) is 22.2. The lowest BCUT2D eigenvalue weighted by Crippen LogP contribution is -2.61. The summed E-state index contributed by atoms with van der Waals surface area (Å²) in [5.41, 5.74) is 0. The predicted molar refractivity (Wildman–Crippen MR) is 124 cm³/mol. The average Bonchev–Trinajstić information content (AvgIpc) is 2.74. The SMILES string of the molecule is CCO[Si](CC)(CCOC)O[Si](CC)(CCOC)O[Si](CC)(CCOC)OCC. The first-order chi connectivity index (χ1) is 13.9. The summed E-state index contributed by atoms with van der Waals surface area (Å²) >= 11 is 0. The van der Waals surface area contributed by atoms with Crippen LogP contribution >= 0.6 is 0 Å². The smallest absolute Gasteiger partial charge is 0.331 e. The molecule has 0 amide bonds. The highest BCUT2D eigenvalue weighted by atomic mass is 28.5. The molecule has 0 aromatic rings. The third-order valence-electron chi connectivity index (χ3n) is 5.24. The molecule has 2 atom stereocenters. The van der Waals surface area contributed by atoms with Gasteiger partial charge in [0, 0.05) is 72.5 Å². The Morgan fingerprint density at radius 1 is 0.483 bits per heavy atom. The normalized spacial score (nSPS) is 18.2. The third-order valence-corrected chi connectivity index (χ3v) is 18.9. The topological polar surface area (TPSA) is 64.6 Å². The molecule has 0 saturated carbocycles. The van der Waals surface area contributed by atoms with Gasteiger partial charge in [-0.1, -0.05) is 20.8 Å². The van der Waals surface area contributed by atoms with Gasteiger partial charge in [-0.05, 0) is 32.0 Å². The molecule has 0 aliphatic heterocycles. The summed E-state index contributed by atoms with van der Waals surface area (Å²) in [5, 5.41) is 0. The Kier molecular flexibility index (Phi) is 16.3. The molecule has 0 aromatic heterocycles. The van der Waals surface area contributed by atoms with Crippen LogP contribution in [0.25, 0.3) is 0 Å². The van der Waals surface area contributed by atoms with Crippen LogP contribution < -0.4 is 0 Å². The van der Waals surface area contributed by atoms with Gasteiger partial charge in [0.25, 0.3) is 0 Å². The molecule has 0 bridgehead atoms. The lowest BCUT2D eigenvalue weighted by molar-refractivity contribution is 0.159. The average molecular weight is 471 g/mol. The van der Waals surface area contributed by atoms with Crippen LogP contribution in [0.1, 0.15) is 34.6 Å². The highest BCUT2D eigenvalue weighted by Gasteiger charge is 2.52. The highest BCUT2D eigenvalue weighted by Crippen LogP contribution is 2.34. The molecule has 10 heteroatoms. The number of methoxy groups -OCH3 is 3. The molecule has 0 aromatic carbocycles. The van der Waals surface area contributed by atoms with Crippen molar-refractivity contribution in [2.45, 2.75) is 70.9 Å². The van der Waals surface area contributed by atoms with Crippen LogP contribution in [-0.4, -0.2) is 80.0 Å². The summed E-state index contributed by atoms with van der Waals surface area (Å²) < 4.78 is 42.9. The van der Waals surface area contributed by atoms with E-state index in [1.807, 2.05) is 13.8 Å². The van der Waals surface area contributed by atoms with Crippen molar-refractivity contribution in [2.75, 3.05) is 54.4 Å². The Morgan fingerprint density at radius 3 is 1.03 bits per heavy atom. The molecule has 0 heterocycles. The molecular formula is C19H46O7Si3. The van der Waals surface area contributed by atoms with Gasteiger partial charge >= 0.3 is 25.7 Å². The van der Waals surface area contributed by atoms with Gasteiger partial charge < -0.3 is 31.3 Å². The molecule has 7 nitrogen and oxygen atoms in total. The maximum atomic E-state index is 7.04. The summed E-state index contributed by atoms with van der Waals surface area (Å²) in [6.45, 7) is 13.7. The molecule has 0 radical (unpaired) electrons. The van der Waals surface area contributed by atoms with Gasteiger partial charge in [0.2, 0.25) is 0 Å². The number of hydrogen-bond donors (Lipinski definition) is 0. The van der Waals surface area contributed by atoms with Gasteiger partial charge in [-0.25, -0.2) is 0 Å². The molecule has 0 spiro atoms. The monoisotopic (exact) mass is 470 g/mol. The quantitative estimate of drug-likeness (QED) is 0.244. The van der Waals surface area contributed by atoms with Crippen molar-refractivity contribution in [1.29, 1.82) is 0 Å². The molecule has 0 fully saturated rings. The van der Waals surface area contributed by atoms with Crippen molar-refractivity contribution < 1.29 is 31.3 Å². The largest absolute Gasteiger partial charge is 0.415 e. The van der Waals surface area contributed by atoms with E-state index in [-0.39, 0.29) is 0 Å². The van der Waals surface area contributed by atoms with Crippen LogP contribution in [0, 0.1) is 0 Å². The Labute approximate surface area is 182 Å². The van der Waals surface area contributed by atoms with E-state index in [1.165, 1.54) is 0 Å². The fourth-order valence-electron chi connectivity index (χ4n) is 3.43. The lowest BCUT2D eigenvalue weighted by Gasteiger charge is -2.44. The zero-order valence-corrected chi connectivity index (χ0v) is 23.1. The molecule has 2 unspecified atom stereocenters. The second-order valence-corrected chi connectivity index (χ2v) is 18.4. The molecule has 0 rings (SSSR count). The fourth-order valence-corrected chi connectivity index (χ4v) is 18.2. The molecule has 176 valence electrons. The number of rotatable bonds is 20. The maximum Gasteiger partial charge on any atom is 0.331 e. The molecule has 0 N–H and O–H groups in total. The maximum absolute atomic E-state index is 7.04. The molecule has 0 aliphatic carbocycles.